The smallest absolute Gasteiger partial charge is 0.232 e. The summed E-state index contributed by atoms with van der Waals surface area (Å²) in [5.41, 5.74) is 2.05. The molecule has 2 aromatic rings. The van der Waals surface area contributed by atoms with Crippen molar-refractivity contribution in [2.45, 2.75) is 31.7 Å². The van der Waals surface area contributed by atoms with E-state index in [0.29, 0.717) is 12.0 Å². The van der Waals surface area contributed by atoms with Gasteiger partial charge in [0, 0.05) is 11.6 Å². The van der Waals surface area contributed by atoms with Crippen molar-refractivity contribution in [3.63, 3.8) is 0 Å². The van der Waals surface area contributed by atoms with Gasteiger partial charge in [0.25, 0.3) is 0 Å². The summed E-state index contributed by atoms with van der Waals surface area (Å²) in [5.74, 6) is 1.74. The van der Waals surface area contributed by atoms with E-state index in [1.54, 1.807) is 0 Å². The molecule has 3 aliphatic carbocycles. The van der Waals surface area contributed by atoms with Crippen molar-refractivity contribution in [3.8, 4) is 11.3 Å². The lowest BCUT2D eigenvalue weighted by Gasteiger charge is -2.08. The molecule has 0 unspecified atom stereocenters. The monoisotopic (exact) mass is 279 g/mol. The van der Waals surface area contributed by atoms with E-state index in [4.69, 9.17) is 5.10 Å². The zero-order valence-electron chi connectivity index (χ0n) is 11.7. The van der Waals surface area contributed by atoms with Gasteiger partial charge in [-0.3, -0.25) is 4.79 Å². The van der Waals surface area contributed by atoms with Crippen molar-refractivity contribution >= 4 is 11.7 Å². The minimum absolute atomic E-state index is 0.00552. The molecule has 4 nitrogen and oxygen atoms in total. The lowest BCUT2D eigenvalue weighted by atomic mass is 10.1. The molecule has 5 rings (SSSR count). The van der Waals surface area contributed by atoms with Gasteiger partial charge >= 0.3 is 0 Å². The molecular weight excluding hydrogens is 262 g/mol. The molecule has 0 bridgehead atoms. The fraction of sp³-hybridized carbons (Fsp3) is 0.412. The van der Waals surface area contributed by atoms with E-state index >= 15 is 0 Å². The van der Waals surface area contributed by atoms with Crippen molar-refractivity contribution in [1.29, 1.82) is 0 Å². The van der Waals surface area contributed by atoms with Gasteiger partial charge in [-0.1, -0.05) is 30.3 Å². The van der Waals surface area contributed by atoms with Crippen LogP contribution >= 0.6 is 0 Å². The highest BCUT2D eigenvalue weighted by atomic mass is 16.2. The van der Waals surface area contributed by atoms with Gasteiger partial charge in [0.1, 0.15) is 5.82 Å². The summed E-state index contributed by atoms with van der Waals surface area (Å²) < 4.78 is 2.01. The number of carbonyl (C=O) groups excluding carboxylic acids is 1. The van der Waals surface area contributed by atoms with Crippen molar-refractivity contribution in [3.05, 3.63) is 36.4 Å². The van der Waals surface area contributed by atoms with Crippen LogP contribution in [0.25, 0.3) is 11.3 Å². The van der Waals surface area contributed by atoms with E-state index in [-0.39, 0.29) is 11.3 Å². The van der Waals surface area contributed by atoms with Gasteiger partial charge in [-0.15, -0.1) is 0 Å². The molecule has 0 radical (unpaired) electrons. The van der Waals surface area contributed by atoms with E-state index in [0.717, 1.165) is 42.8 Å². The van der Waals surface area contributed by atoms with E-state index in [9.17, 15) is 4.79 Å². The summed E-state index contributed by atoms with van der Waals surface area (Å²) in [6, 6.07) is 12.6. The number of hydrogen-bond donors (Lipinski definition) is 1. The summed E-state index contributed by atoms with van der Waals surface area (Å²) in [4.78, 5) is 12.3. The van der Waals surface area contributed by atoms with Crippen LogP contribution in [0, 0.1) is 11.3 Å². The molecular formula is C17H17N3O. The van der Waals surface area contributed by atoms with Gasteiger partial charge in [0.15, 0.2) is 0 Å². The summed E-state index contributed by atoms with van der Waals surface area (Å²) in [7, 11) is 0. The Hall–Kier alpha value is -2.10. The van der Waals surface area contributed by atoms with Gasteiger partial charge < -0.3 is 5.32 Å². The van der Waals surface area contributed by atoms with Crippen LogP contribution in [-0.4, -0.2) is 15.7 Å². The van der Waals surface area contributed by atoms with E-state index < -0.39 is 0 Å². The average Bonchev–Trinajstić information content (AvgIpc) is 3.36. The third-order valence-corrected chi connectivity index (χ3v) is 5.07. The number of anilines is 1. The van der Waals surface area contributed by atoms with E-state index in [1.807, 2.05) is 28.9 Å². The van der Waals surface area contributed by atoms with Crippen molar-refractivity contribution in [2.75, 3.05) is 5.32 Å². The zero-order valence-corrected chi connectivity index (χ0v) is 11.7. The van der Waals surface area contributed by atoms with Crippen LogP contribution in [0.4, 0.5) is 5.82 Å². The minimum Gasteiger partial charge on any atom is -0.310 e. The van der Waals surface area contributed by atoms with Gasteiger partial charge in [-0.05, 0) is 31.6 Å². The second kappa shape index (κ2) is 3.75. The number of nitrogens with zero attached hydrogens (tertiary/aromatic N) is 2. The Morgan fingerprint density at radius 3 is 2.57 bits per heavy atom. The van der Waals surface area contributed by atoms with Crippen LogP contribution in [0.3, 0.4) is 0 Å². The molecule has 4 heteroatoms. The summed E-state index contributed by atoms with van der Waals surface area (Å²) in [5, 5.41) is 7.84. The Balaban J connectivity index is 1.48. The highest BCUT2D eigenvalue weighted by Crippen LogP contribution is 2.75. The number of rotatable bonds is 4. The minimum atomic E-state index is 0.00552. The standard InChI is InChI=1S/C17H17N3O/c21-16(17-9-12(17)10-17)18-15-8-14(11-4-2-1-3-5-11)19-20(15)13-6-7-13/h1-5,8,12-13H,6-7,9-10H2,(H,18,21). The number of nitrogens with one attached hydrogen (secondary N) is 1. The van der Waals surface area contributed by atoms with Gasteiger partial charge in [0.05, 0.1) is 17.2 Å². The maximum Gasteiger partial charge on any atom is 0.232 e. The number of benzene rings is 1. The first kappa shape index (κ1) is 11.5. The van der Waals surface area contributed by atoms with E-state index in [1.165, 1.54) is 0 Å². The number of hydrogen-bond acceptors (Lipinski definition) is 2. The predicted octanol–water partition coefficient (Wildman–Crippen LogP) is 3.23. The topological polar surface area (TPSA) is 46.9 Å². The molecule has 3 saturated carbocycles. The maximum absolute atomic E-state index is 12.3. The highest BCUT2D eigenvalue weighted by molar-refractivity contribution is 6.00. The van der Waals surface area contributed by atoms with Crippen LogP contribution in [-0.2, 0) is 4.79 Å². The van der Waals surface area contributed by atoms with Crippen LogP contribution in [0.1, 0.15) is 31.7 Å². The largest absolute Gasteiger partial charge is 0.310 e. The normalized spacial score (nSPS) is 28.9. The van der Waals surface area contributed by atoms with Crippen molar-refractivity contribution in [2.24, 2.45) is 11.3 Å². The van der Waals surface area contributed by atoms with Gasteiger partial charge in [-0.25, -0.2) is 4.68 Å². The Kier molecular flexibility index (Phi) is 2.06. The average molecular weight is 279 g/mol. The first-order valence-corrected chi connectivity index (χ1v) is 7.73. The predicted molar refractivity (Wildman–Crippen MR) is 79.7 cm³/mol. The number of fused-ring (bicyclic) bond motifs is 1. The first-order valence-electron chi connectivity index (χ1n) is 7.73. The third kappa shape index (κ3) is 1.75. The zero-order chi connectivity index (χ0) is 14.0. The second-order valence-corrected chi connectivity index (χ2v) is 6.67. The van der Waals surface area contributed by atoms with Crippen molar-refractivity contribution in [1.82, 2.24) is 9.78 Å². The lowest BCUT2D eigenvalue weighted by molar-refractivity contribution is -0.119. The molecule has 1 heterocycles. The molecule has 0 spiro atoms. The molecule has 1 aromatic heterocycles. The number of carbonyl (C=O) groups is 1. The van der Waals surface area contributed by atoms with Gasteiger partial charge in [-0.2, -0.15) is 5.10 Å². The highest BCUT2D eigenvalue weighted by Gasteiger charge is 2.74. The maximum atomic E-state index is 12.3. The fourth-order valence-electron chi connectivity index (χ4n) is 3.15. The lowest BCUT2D eigenvalue weighted by Crippen LogP contribution is -2.20. The molecule has 3 fully saturated rings. The van der Waals surface area contributed by atoms with Crippen LogP contribution in [0.5, 0.6) is 0 Å². The number of amides is 1. The molecule has 1 amide bonds. The Labute approximate surface area is 123 Å². The molecule has 0 atom stereocenters. The Bertz CT molecular complexity index is 724. The SMILES string of the molecule is O=C(Nc1cc(-c2ccccc2)nn1C1CC1)C12CC1C2. The fourth-order valence-corrected chi connectivity index (χ4v) is 3.15. The van der Waals surface area contributed by atoms with E-state index in [2.05, 4.69) is 17.4 Å². The Morgan fingerprint density at radius 1 is 1.24 bits per heavy atom. The Morgan fingerprint density at radius 2 is 1.95 bits per heavy atom. The van der Waals surface area contributed by atoms with Gasteiger partial charge in [0.2, 0.25) is 5.91 Å². The molecule has 1 N–H and O–H groups in total. The van der Waals surface area contributed by atoms with Crippen LogP contribution in [0.15, 0.2) is 36.4 Å². The summed E-state index contributed by atoms with van der Waals surface area (Å²) >= 11 is 0. The molecule has 21 heavy (non-hydrogen) atoms. The third-order valence-electron chi connectivity index (χ3n) is 5.07. The first-order chi connectivity index (χ1) is 10.3. The number of aromatic nitrogens is 2. The molecule has 0 saturated heterocycles. The van der Waals surface area contributed by atoms with Crippen LogP contribution in [0.2, 0.25) is 0 Å². The summed E-state index contributed by atoms with van der Waals surface area (Å²) in [6.45, 7) is 0. The second-order valence-electron chi connectivity index (χ2n) is 6.67. The molecule has 1 aromatic carbocycles. The summed E-state index contributed by atoms with van der Waals surface area (Å²) in [6.07, 6.45) is 4.49. The van der Waals surface area contributed by atoms with Crippen molar-refractivity contribution < 1.29 is 4.79 Å². The molecule has 106 valence electrons. The molecule has 0 aliphatic heterocycles. The van der Waals surface area contributed by atoms with Crippen LogP contribution < -0.4 is 5.32 Å². The molecule has 3 aliphatic rings. The quantitative estimate of drug-likeness (QED) is 0.934.